The summed E-state index contributed by atoms with van der Waals surface area (Å²) in [6.07, 6.45) is 3.88. The first-order valence-electron chi connectivity index (χ1n) is 16.4. The first kappa shape index (κ1) is 45.2. The second-order valence-corrected chi connectivity index (χ2v) is 18.0. The smallest absolute Gasteiger partial charge is 0.354 e. The maximum Gasteiger partial charge on any atom is 0.354 e. The zero-order valence-corrected chi connectivity index (χ0v) is 32.7. The summed E-state index contributed by atoms with van der Waals surface area (Å²) in [4.78, 5) is 28.5. The summed E-state index contributed by atoms with van der Waals surface area (Å²) in [5, 5.41) is 9.96. The molecule has 3 N–H and O–H groups in total. The van der Waals surface area contributed by atoms with Crippen LogP contribution in [0.1, 0.15) is 63.8 Å². The fraction of sp³-hybridized carbons (Fsp3) is 0.200. The van der Waals surface area contributed by atoms with Crippen LogP contribution >= 0.6 is 43.6 Å². The number of aromatic nitrogens is 4. The molecule has 0 saturated heterocycles. The van der Waals surface area contributed by atoms with Crippen molar-refractivity contribution in [2.75, 3.05) is 0 Å². The molecular weight excluding hydrogens is 863 g/mol. The highest BCUT2D eigenvalue weighted by molar-refractivity contribution is 8.46. The van der Waals surface area contributed by atoms with Crippen molar-refractivity contribution in [2.45, 2.75) is 55.9 Å². The molecule has 4 heterocycles. The topological polar surface area (TPSA) is 115 Å². The SMILES string of the molecule is CCc1nc2ccc(Cl)cn2c1C(=O)CCc1cccc(S(F)(F)(F)(F)F)c1.CCc1nc2ccc(Cl)cn2c1C(=O)O.NCc1cccc(S(F)(F)(F)(F)F)c1. The number of aromatic carboxylic acids is 1. The second kappa shape index (κ2) is 14.7. The van der Waals surface area contributed by atoms with Crippen molar-refractivity contribution in [1.29, 1.82) is 0 Å². The van der Waals surface area contributed by atoms with Crippen molar-refractivity contribution < 1.29 is 53.6 Å². The van der Waals surface area contributed by atoms with Crippen molar-refractivity contribution in [1.82, 2.24) is 18.8 Å². The van der Waals surface area contributed by atoms with Gasteiger partial charge in [0.2, 0.25) is 0 Å². The number of hydrogen-bond acceptors (Lipinski definition) is 5. The molecule has 4 aromatic heterocycles. The summed E-state index contributed by atoms with van der Waals surface area (Å²) in [7, 11) is -19.3. The van der Waals surface area contributed by atoms with Gasteiger partial charge in [0.05, 0.1) is 21.4 Å². The molecule has 0 amide bonds. The molecule has 312 valence electrons. The number of benzene rings is 2. The molecule has 6 aromatic rings. The maximum atomic E-state index is 13.0. The highest BCUT2D eigenvalue weighted by Gasteiger charge is 2.66. The lowest BCUT2D eigenvalue weighted by Gasteiger charge is -2.40. The maximum absolute atomic E-state index is 13.0. The van der Waals surface area contributed by atoms with Crippen LogP contribution in [0.5, 0.6) is 0 Å². The Labute approximate surface area is 328 Å². The molecule has 0 unspecified atom stereocenters. The number of aryl methyl sites for hydroxylation is 3. The number of halogens is 12. The molecule has 0 aliphatic rings. The minimum atomic E-state index is -9.76. The highest BCUT2D eigenvalue weighted by atomic mass is 35.5. The zero-order chi connectivity index (χ0) is 42.9. The van der Waals surface area contributed by atoms with Crippen molar-refractivity contribution in [3.63, 3.8) is 0 Å². The largest absolute Gasteiger partial charge is 0.477 e. The van der Waals surface area contributed by atoms with Crippen LogP contribution in [0.25, 0.3) is 11.3 Å². The van der Waals surface area contributed by atoms with Crippen LogP contribution < -0.4 is 5.73 Å². The minimum absolute atomic E-state index is 0.00371. The van der Waals surface area contributed by atoms with E-state index in [1.807, 2.05) is 13.8 Å². The standard InChI is InChI=1S/C18H16ClF5N2OS.C10H9ClN2O2.C7H8F5NS/c1-2-15-18(26-11-13(19)7-9-17(26)25-15)16(27)8-6-12-4-3-5-14(10-12)28(20,21,22,23)24;1-2-7-9(10(14)15)13-5-6(11)3-4-8(13)12-7;8-14(9,10,11,12)7-3-1-2-6(4-7)5-13/h3-5,7,9-11H,2,6,8H2,1H3;3-5H,2H2,1H3,(H,14,15);1-4H,5,13H2. The summed E-state index contributed by atoms with van der Waals surface area (Å²) in [6, 6.07) is 12.5. The molecule has 0 fully saturated rings. The molecule has 0 aliphatic heterocycles. The second-order valence-electron chi connectivity index (χ2n) is 12.3. The molecule has 0 atom stereocenters. The number of nitrogens with two attached hydrogens (primary N) is 1. The van der Waals surface area contributed by atoms with E-state index >= 15 is 0 Å². The third-order valence-corrected chi connectivity index (χ3v) is 10.7. The summed E-state index contributed by atoms with van der Waals surface area (Å²) in [5.74, 6) is -1.34. The van der Waals surface area contributed by atoms with Gasteiger partial charge in [-0.15, -0.1) is 0 Å². The Kier molecular flexibility index (Phi) is 11.7. The number of imidazole rings is 2. The van der Waals surface area contributed by atoms with Gasteiger partial charge in [-0.25, -0.2) is 14.8 Å². The predicted octanol–water partition coefficient (Wildman–Crippen LogP) is 13.1. The summed E-state index contributed by atoms with van der Waals surface area (Å²) in [5.41, 5.74) is 7.80. The average molecular weight is 897 g/mol. The van der Waals surface area contributed by atoms with Crippen LogP contribution in [0.3, 0.4) is 0 Å². The van der Waals surface area contributed by atoms with Gasteiger partial charge >= 0.3 is 26.4 Å². The van der Waals surface area contributed by atoms with Crippen LogP contribution in [0.4, 0.5) is 38.9 Å². The van der Waals surface area contributed by atoms with Crippen molar-refractivity contribution in [2.24, 2.45) is 5.73 Å². The van der Waals surface area contributed by atoms with Gasteiger partial charge in [-0.05, 0) is 78.9 Å². The van der Waals surface area contributed by atoms with E-state index in [4.69, 9.17) is 34.0 Å². The highest BCUT2D eigenvalue weighted by Crippen LogP contribution is 3.02. The lowest BCUT2D eigenvalue weighted by atomic mass is 10.0. The number of fused-ring (bicyclic) bond motifs is 2. The number of pyridine rings is 2. The van der Waals surface area contributed by atoms with Crippen molar-refractivity contribution in [3.8, 4) is 0 Å². The zero-order valence-electron chi connectivity index (χ0n) is 29.6. The number of carboxylic acids is 1. The van der Waals surface area contributed by atoms with Crippen LogP contribution in [0.2, 0.25) is 10.0 Å². The molecular formula is C35H33Cl2F10N5O3S2. The van der Waals surface area contributed by atoms with Gasteiger partial charge in [0.1, 0.15) is 26.8 Å². The van der Waals surface area contributed by atoms with Crippen LogP contribution in [-0.2, 0) is 25.8 Å². The third kappa shape index (κ3) is 11.6. The fourth-order valence-corrected chi connectivity index (χ4v) is 7.12. The fourth-order valence-electron chi connectivity index (χ4n) is 5.38. The monoisotopic (exact) mass is 895 g/mol. The molecule has 57 heavy (non-hydrogen) atoms. The molecule has 0 saturated carbocycles. The Bertz CT molecular complexity index is 2500. The lowest BCUT2D eigenvalue weighted by Crippen LogP contribution is -2.09. The number of rotatable bonds is 10. The molecule has 22 heteroatoms. The van der Waals surface area contributed by atoms with Gasteiger partial charge in [0, 0.05) is 25.4 Å². The summed E-state index contributed by atoms with van der Waals surface area (Å²) >= 11 is 11.8. The molecule has 8 nitrogen and oxygen atoms in total. The van der Waals surface area contributed by atoms with Gasteiger partial charge in [-0.1, -0.05) is 100 Å². The summed E-state index contributed by atoms with van der Waals surface area (Å²) in [6.45, 7) is 3.48. The lowest BCUT2D eigenvalue weighted by molar-refractivity contribution is 0.0687. The van der Waals surface area contributed by atoms with Crippen LogP contribution in [0.15, 0.2) is 95.0 Å². The molecule has 0 bridgehead atoms. The first-order valence-corrected chi connectivity index (χ1v) is 21.1. The van der Waals surface area contributed by atoms with Gasteiger partial charge in [0.15, 0.2) is 11.5 Å². The summed E-state index contributed by atoms with van der Waals surface area (Å²) < 4.78 is 129. The molecule has 6 rings (SSSR count). The number of carboxylic acid groups (broad SMARTS) is 1. The molecule has 2 aromatic carbocycles. The van der Waals surface area contributed by atoms with E-state index in [9.17, 15) is 48.4 Å². The van der Waals surface area contributed by atoms with E-state index in [0.717, 1.165) is 12.1 Å². The number of carbonyl (C=O) groups excluding carboxylic acids is 1. The van der Waals surface area contributed by atoms with E-state index < -0.39 is 36.2 Å². The normalized spacial score (nSPS) is 14.3. The molecule has 0 spiro atoms. The average Bonchev–Trinajstić information content (AvgIpc) is 3.67. The first-order chi connectivity index (χ1) is 25.9. The Balaban J connectivity index is 0.000000209. The number of nitrogens with zero attached hydrogens (tertiary/aromatic N) is 4. The Morgan fingerprint density at radius 1 is 0.667 bits per heavy atom. The van der Waals surface area contributed by atoms with E-state index in [1.165, 1.54) is 27.1 Å². The Hall–Kier alpha value is -4.50. The third-order valence-electron chi connectivity index (χ3n) is 8.01. The van der Waals surface area contributed by atoms with Gasteiger partial charge in [0.25, 0.3) is 0 Å². The van der Waals surface area contributed by atoms with Crippen LogP contribution in [-0.4, -0.2) is 35.6 Å². The van der Waals surface area contributed by atoms with E-state index in [1.54, 1.807) is 30.5 Å². The van der Waals surface area contributed by atoms with Crippen molar-refractivity contribution >= 4 is 66.7 Å². The van der Waals surface area contributed by atoms with E-state index in [0.29, 0.717) is 75.5 Å². The quantitative estimate of drug-likeness (QED) is 0.105. The van der Waals surface area contributed by atoms with Gasteiger partial charge < -0.3 is 10.8 Å². The Morgan fingerprint density at radius 3 is 1.51 bits per heavy atom. The Morgan fingerprint density at radius 2 is 1.09 bits per heavy atom. The van der Waals surface area contributed by atoms with Gasteiger partial charge in [-0.2, -0.15) is 0 Å². The van der Waals surface area contributed by atoms with E-state index in [2.05, 4.69) is 9.97 Å². The van der Waals surface area contributed by atoms with Gasteiger partial charge in [-0.3, -0.25) is 13.6 Å². The minimum Gasteiger partial charge on any atom is -0.477 e. The van der Waals surface area contributed by atoms with E-state index in [-0.39, 0.29) is 42.0 Å². The number of hydrogen-bond donors (Lipinski definition) is 2. The van der Waals surface area contributed by atoms with Crippen molar-refractivity contribution in [3.05, 3.63) is 129 Å². The number of Topliss-reactive ketones (excluding diaryl/α,β-unsaturated/α-hetero) is 1. The molecule has 0 radical (unpaired) electrons. The number of ketones is 1. The predicted molar refractivity (Wildman–Crippen MR) is 202 cm³/mol. The molecule has 0 aliphatic carbocycles. The number of carbonyl (C=O) groups is 2. The van der Waals surface area contributed by atoms with Crippen LogP contribution in [0, 0.1) is 0 Å².